The number of nitrogens with zero attached hydrogens (tertiary/aromatic N) is 1. The Bertz CT molecular complexity index is 338. The summed E-state index contributed by atoms with van der Waals surface area (Å²) in [4.78, 5) is 12.5. The molecule has 1 aliphatic rings. The Labute approximate surface area is 128 Å². The van der Waals surface area contributed by atoms with Gasteiger partial charge in [-0.05, 0) is 31.6 Å². The van der Waals surface area contributed by atoms with Crippen molar-refractivity contribution < 1.29 is 10.0 Å². The van der Waals surface area contributed by atoms with E-state index in [1.807, 2.05) is 6.92 Å². The molecule has 1 fully saturated rings. The maximum atomic E-state index is 12.5. The largest absolute Gasteiger partial charge is 0.409 e. The van der Waals surface area contributed by atoms with Crippen LogP contribution in [0.4, 0.5) is 0 Å². The number of nitrogens with two attached hydrogens (primary N) is 1. The molecule has 122 valence electrons. The number of carbonyl (C=O) groups is 1. The molecular formula is C16H31N3O2. The lowest BCUT2D eigenvalue weighted by Gasteiger charge is -2.31. The van der Waals surface area contributed by atoms with Crippen molar-refractivity contribution in [2.75, 3.05) is 0 Å². The lowest BCUT2D eigenvalue weighted by Crippen LogP contribution is -2.51. The minimum absolute atomic E-state index is 0.0301. The van der Waals surface area contributed by atoms with E-state index in [2.05, 4.69) is 17.4 Å². The van der Waals surface area contributed by atoms with Crippen LogP contribution >= 0.6 is 0 Å². The normalized spacial score (nSPS) is 20.0. The predicted octanol–water partition coefficient (Wildman–Crippen LogP) is 3.01. The molecule has 0 radical (unpaired) electrons. The summed E-state index contributed by atoms with van der Waals surface area (Å²) in [5.74, 6) is 0.513. The Kier molecular flexibility index (Phi) is 8.16. The zero-order chi connectivity index (χ0) is 15.7. The van der Waals surface area contributed by atoms with E-state index >= 15 is 0 Å². The first-order chi connectivity index (χ1) is 10.1. The Morgan fingerprint density at radius 1 is 1.33 bits per heavy atom. The first-order valence-electron chi connectivity index (χ1n) is 8.41. The zero-order valence-corrected chi connectivity index (χ0v) is 13.5. The first-order valence-corrected chi connectivity index (χ1v) is 8.41. The molecule has 0 aliphatic heterocycles. The van der Waals surface area contributed by atoms with Gasteiger partial charge in [0.25, 0.3) is 0 Å². The third kappa shape index (κ3) is 5.56. The number of amides is 1. The van der Waals surface area contributed by atoms with Crippen LogP contribution in [0, 0.1) is 11.8 Å². The van der Waals surface area contributed by atoms with Gasteiger partial charge in [-0.3, -0.25) is 4.79 Å². The molecule has 1 amide bonds. The van der Waals surface area contributed by atoms with Crippen molar-refractivity contribution in [2.45, 2.75) is 77.7 Å². The minimum atomic E-state index is -0.321. The fraction of sp³-hybridized carbons (Fsp3) is 0.875. The van der Waals surface area contributed by atoms with Crippen molar-refractivity contribution in [3.63, 3.8) is 0 Å². The second-order valence-corrected chi connectivity index (χ2v) is 6.16. The van der Waals surface area contributed by atoms with Crippen LogP contribution in [0.1, 0.15) is 71.6 Å². The third-order valence-electron chi connectivity index (χ3n) is 4.62. The molecule has 1 rings (SSSR count). The van der Waals surface area contributed by atoms with E-state index in [4.69, 9.17) is 10.9 Å². The van der Waals surface area contributed by atoms with Gasteiger partial charge in [0, 0.05) is 5.92 Å². The standard InChI is InChI=1S/C16H31N3O2/c1-3-5-9-12(4-2)16(20)18-14(15(17)19-21)13-10-7-6-8-11-13/h12-14,21H,3-11H2,1-2H3,(H2,17,19)(H,18,20). The zero-order valence-electron chi connectivity index (χ0n) is 13.5. The Balaban J connectivity index is 2.68. The summed E-state index contributed by atoms with van der Waals surface area (Å²) in [7, 11) is 0. The van der Waals surface area contributed by atoms with E-state index in [1.54, 1.807) is 0 Å². The van der Waals surface area contributed by atoms with Crippen molar-refractivity contribution in [2.24, 2.45) is 22.7 Å². The molecule has 4 N–H and O–H groups in total. The van der Waals surface area contributed by atoms with E-state index in [9.17, 15) is 4.79 Å². The van der Waals surface area contributed by atoms with Crippen LogP contribution in [0.25, 0.3) is 0 Å². The van der Waals surface area contributed by atoms with Gasteiger partial charge in [-0.15, -0.1) is 0 Å². The molecule has 0 saturated heterocycles. The number of carbonyl (C=O) groups excluding carboxylic acids is 1. The Morgan fingerprint density at radius 2 is 2.00 bits per heavy atom. The van der Waals surface area contributed by atoms with Crippen molar-refractivity contribution in [3.05, 3.63) is 0 Å². The summed E-state index contributed by atoms with van der Waals surface area (Å²) in [5, 5.41) is 15.2. The van der Waals surface area contributed by atoms with Gasteiger partial charge in [-0.2, -0.15) is 0 Å². The summed E-state index contributed by atoms with van der Waals surface area (Å²) < 4.78 is 0. The molecule has 2 atom stereocenters. The van der Waals surface area contributed by atoms with Crippen LogP contribution in [0.15, 0.2) is 5.16 Å². The highest BCUT2D eigenvalue weighted by atomic mass is 16.4. The minimum Gasteiger partial charge on any atom is -0.409 e. The molecule has 0 heterocycles. The molecule has 0 spiro atoms. The predicted molar refractivity (Wildman–Crippen MR) is 85.2 cm³/mol. The van der Waals surface area contributed by atoms with Crippen LogP contribution in [-0.2, 0) is 4.79 Å². The molecule has 5 heteroatoms. The number of oxime groups is 1. The molecular weight excluding hydrogens is 266 g/mol. The third-order valence-corrected chi connectivity index (χ3v) is 4.62. The second-order valence-electron chi connectivity index (χ2n) is 6.16. The first kappa shape index (κ1) is 17.8. The summed E-state index contributed by atoms with van der Waals surface area (Å²) in [6.45, 7) is 4.17. The maximum Gasteiger partial charge on any atom is 0.223 e. The Hall–Kier alpha value is -1.26. The van der Waals surface area contributed by atoms with Crippen LogP contribution in [0.3, 0.4) is 0 Å². The number of amidine groups is 1. The molecule has 0 aromatic heterocycles. The van der Waals surface area contributed by atoms with Crippen LogP contribution < -0.4 is 11.1 Å². The smallest absolute Gasteiger partial charge is 0.223 e. The van der Waals surface area contributed by atoms with E-state index in [0.29, 0.717) is 5.92 Å². The quantitative estimate of drug-likeness (QED) is 0.278. The Morgan fingerprint density at radius 3 is 2.52 bits per heavy atom. The van der Waals surface area contributed by atoms with Crippen LogP contribution in [0.2, 0.25) is 0 Å². The number of nitrogens with one attached hydrogen (secondary N) is 1. The van der Waals surface area contributed by atoms with Crippen molar-refractivity contribution in [1.82, 2.24) is 5.32 Å². The summed E-state index contributed by atoms with van der Waals surface area (Å²) in [6, 6.07) is -0.321. The van der Waals surface area contributed by atoms with Crippen molar-refractivity contribution >= 4 is 11.7 Å². The topological polar surface area (TPSA) is 87.7 Å². The van der Waals surface area contributed by atoms with E-state index in [0.717, 1.165) is 51.4 Å². The molecule has 1 saturated carbocycles. The van der Waals surface area contributed by atoms with Gasteiger partial charge in [0.15, 0.2) is 5.84 Å². The number of rotatable bonds is 8. The van der Waals surface area contributed by atoms with E-state index in [-0.39, 0.29) is 23.7 Å². The van der Waals surface area contributed by atoms with Gasteiger partial charge in [0.2, 0.25) is 5.91 Å². The van der Waals surface area contributed by atoms with Gasteiger partial charge in [-0.1, -0.05) is 51.1 Å². The average molecular weight is 297 g/mol. The number of unbranched alkanes of at least 4 members (excludes halogenated alkanes) is 1. The fourth-order valence-electron chi connectivity index (χ4n) is 3.21. The number of hydrogen-bond donors (Lipinski definition) is 3. The highest BCUT2D eigenvalue weighted by Crippen LogP contribution is 2.27. The molecule has 5 nitrogen and oxygen atoms in total. The fourth-order valence-corrected chi connectivity index (χ4v) is 3.21. The average Bonchev–Trinajstić information content (AvgIpc) is 2.53. The van der Waals surface area contributed by atoms with Gasteiger partial charge < -0.3 is 16.3 Å². The highest BCUT2D eigenvalue weighted by Gasteiger charge is 2.30. The molecule has 1 aliphatic carbocycles. The monoisotopic (exact) mass is 297 g/mol. The van der Waals surface area contributed by atoms with Gasteiger partial charge in [-0.25, -0.2) is 0 Å². The van der Waals surface area contributed by atoms with E-state index < -0.39 is 0 Å². The maximum absolute atomic E-state index is 12.5. The van der Waals surface area contributed by atoms with Crippen LogP contribution in [0.5, 0.6) is 0 Å². The van der Waals surface area contributed by atoms with Gasteiger partial charge in [0.1, 0.15) is 0 Å². The molecule has 21 heavy (non-hydrogen) atoms. The SMILES string of the molecule is CCCCC(CC)C(=O)NC(/C(N)=N/O)C1CCCCC1. The molecule has 2 unspecified atom stereocenters. The summed E-state index contributed by atoms with van der Waals surface area (Å²) >= 11 is 0. The molecule has 0 bridgehead atoms. The van der Waals surface area contributed by atoms with Gasteiger partial charge >= 0.3 is 0 Å². The number of hydrogen-bond acceptors (Lipinski definition) is 3. The lowest BCUT2D eigenvalue weighted by atomic mass is 9.83. The van der Waals surface area contributed by atoms with Crippen molar-refractivity contribution in [3.8, 4) is 0 Å². The summed E-state index contributed by atoms with van der Waals surface area (Å²) in [5.41, 5.74) is 5.82. The summed E-state index contributed by atoms with van der Waals surface area (Å²) in [6.07, 6.45) is 9.51. The van der Waals surface area contributed by atoms with E-state index in [1.165, 1.54) is 6.42 Å². The van der Waals surface area contributed by atoms with Gasteiger partial charge in [0.05, 0.1) is 6.04 Å². The lowest BCUT2D eigenvalue weighted by molar-refractivity contribution is -0.126. The molecule has 0 aromatic carbocycles. The van der Waals surface area contributed by atoms with Crippen LogP contribution in [-0.4, -0.2) is 23.0 Å². The van der Waals surface area contributed by atoms with Crippen molar-refractivity contribution in [1.29, 1.82) is 0 Å². The highest BCUT2D eigenvalue weighted by molar-refractivity contribution is 5.90. The molecule has 0 aromatic rings. The second kappa shape index (κ2) is 9.64.